The van der Waals surface area contributed by atoms with E-state index in [0.29, 0.717) is 0 Å². The summed E-state index contributed by atoms with van der Waals surface area (Å²) >= 11 is 0. The maximum atomic E-state index is 11.8. The molecule has 2 atom stereocenters. The molecular weight excluding hydrogens is 280 g/mol. The Morgan fingerprint density at radius 1 is 0.857 bits per heavy atom. The van der Waals surface area contributed by atoms with Gasteiger partial charge >= 0.3 is 11.9 Å². The van der Waals surface area contributed by atoms with E-state index in [1.165, 1.54) is 0 Å². The van der Waals surface area contributed by atoms with Gasteiger partial charge in [0.15, 0.2) is 0 Å². The Morgan fingerprint density at radius 2 is 1.19 bits per heavy atom. The van der Waals surface area contributed by atoms with Crippen molar-refractivity contribution in [3.8, 4) is 0 Å². The van der Waals surface area contributed by atoms with Crippen LogP contribution in [0, 0.1) is 17.8 Å². The molecule has 0 aromatic carbocycles. The summed E-state index contributed by atoms with van der Waals surface area (Å²) in [6.45, 7) is 5.30. The van der Waals surface area contributed by atoms with Gasteiger partial charge in [0.05, 0.1) is 19.1 Å². The van der Waals surface area contributed by atoms with Gasteiger partial charge in [-0.15, -0.1) is 0 Å². The van der Waals surface area contributed by atoms with Gasteiger partial charge in [-0.25, -0.2) is 0 Å². The van der Waals surface area contributed by atoms with E-state index in [4.69, 9.17) is 9.47 Å². The van der Waals surface area contributed by atoms with Crippen molar-refractivity contribution in [3.63, 3.8) is 0 Å². The third-order valence-corrected chi connectivity index (χ3v) is 2.88. The monoisotopic (exact) mass is 300 g/mol. The van der Waals surface area contributed by atoms with Crippen LogP contribution >= 0.6 is 0 Å². The van der Waals surface area contributed by atoms with Gasteiger partial charge in [0, 0.05) is 0 Å². The van der Waals surface area contributed by atoms with Crippen molar-refractivity contribution in [2.45, 2.75) is 27.7 Å². The zero-order valence-electron chi connectivity index (χ0n) is 12.6. The first-order valence-electron chi connectivity index (χ1n) is 6.61. The second-order valence-corrected chi connectivity index (χ2v) is 4.39. The summed E-state index contributed by atoms with van der Waals surface area (Å²) in [5.41, 5.74) is 0. The molecule has 0 bridgehead atoms. The fraction of sp³-hybridized carbons (Fsp3) is 0.643. The fourth-order valence-corrected chi connectivity index (χ4v) is 2.00. The quantitative estimate of drug-likeness (QED) is 0.343. The number of carbonyl (C=O) groups is 5. The Morgan fingerprint density at radius 3 is 1.38 bits per heavy atom. The van der Waals surface area contributed by atoms with Crippen LogP contribution in [0.3, 0.4) is 0 Å². The normalized spacial score (nSPS) is 14.5. The van der Waals surface area contributed by atoms with Crippen LogP contribution in [0.5, 0.6) is 0 Å². The lowest BCUT2D eigenvalue weighted by Crippen LogP contribution is -2.42. The summed E-state index contributed by atoms with van der Waals surface area (Å²) in [6, 6.07) is 0. The molecule has 0 radical (unpaired) electrons. The number of carbonyl (C=O) groups excluding carboxylic acids is 5. The minimum atomic E-state index is -1.50. The number of hydrogen-bond donors (Lipinski definition) is 0. The van der Waals surface area contributed by atoms with E-state index in [0.717, 1.165) is 13.8 Å². The Balaban J connectivity index is 5.60. The number of rotatable bonds is 9. The highest BCUT2D eigenvalue weighted by Crippen LogP contribution is 2.24. The lowest BCUT2D eigenvalue weighted by atomic mass is 9.78. The van der Waals surface area contributed by atoms with Crippen LogP contribution in [0.4, 0.5) is 0 Å². The first-order valence-corrected chi connectivity index (χ1v) is 6.61. The molecule has 0 saturated heterocycles. The molecule has 0 spiro atoms. The summed E-state index contributed by atoms with van der Waals surface area (Å²) in [7, 11) is 0. The van der Waals surface area contributed by atoms with Crippen LogP contribution in [0.15, 0.2) is 0 Å². The second kappa shape index (κ2) is 8.99. The molecule has 21 heavy (non-hydrogen) atoms. The Hall–Kier alpha value is -2.05. The molecule has 0 aliphatic rings. The Kier molecular flexibility index (Phi) is 8.11. The molecule has 7 nitrogen and oxygen atoms in total. The Labute approximate surface area is 123 Å². The van der Waals surface area contributed by atoms with E-state index >= 15 is 0 Å². The average Bonchev–Trinajstić information content (AvgIpc) is 2.37. The predicted octanol–water partition coefficient (Wildman–Crippen LogP) is 0.338. The molecule has 0 saturated carbocycles. The van der Waals surface area contributed by atoms with Crippen molar-refractivity contribution in [1.82, 2.24) is 0 Å². The molecule has 0 aromatic heterocycles. The molecule has 0 N–H and O–H groups in total. The zero-order chi connectivity index (χ0) is 16.6. The van der Waals surface area contributed by atoms with Gasteiger partial charge in [-0.2, -0.15) is 0 Å². The summed E-state index contributed by atoms with van der Waals surface area (Å²) in [6.07, 6.45) is 0.256. The average molecular weight is 300 g/mol. The number of esters is 2. The van der Waals surface area contributed by atoms with Gasteiger partial charge in [-0.1, -0.05) is 0 Å². The van der Waals surface area contributed by atoms with Crippen molar-refractivity contribution >= 4 is 29.8 Å². The number of hydrogen-bond acceptors (Lipinski definition) is 7. The number of aldehydes is 1. The highest BCUT2D eigenvalue weighted by molar-refractivity contribution is 6.05. The van der Waals surface area contributed by atoms with Crippen LogP contribution in [-0.2, 0) is 33.4 Å². The van der Waals surface area contributed by atoms with Gasteiger partial charge in [0.2, 0.25) is 0 Å². The third-order valence-electron chi connectivity index (χ3n) is 2.88. The van der Waals surface area contributed by atoms with Crippen LogP contribution < -0.4 is 0 Å². The van der Waals surface area contributed by atoms with E-state index < -0.39 is 41.3 Å². The van der Waals surface area contributed by atoms with Crippen LogP contribution in [-0.4, -0.2) is 43.0 Å². The smallest absolute Gasteiger partial charge is 0.317 e. The van der Waals surface area contributed by atoms with E-state index in [2.05, 4.69) is 0 Å². The highest BCUT2D eigenvalue weighted by Gasteiger charge is 2.44. The largest absolute Gasteiger partial charge is 0.465 e. The topological polar surface area (TPSA) is 104 Å². The molecule has 118 valence electrons. The first-order chi connectivity index (χ1) is 9.81. The molecule has 0 aliphatic heterocycles. The van der Waals surface area contributed by atoms with E-state index in [9.17, 15) is 24.0 Å². The predicted molar refractivity (Wildman–Crippen MR) is 71.2 cm³/mol. The van der Waals surface area contributed by atoms with Crippen LogP contribution in [0.2, 0.25) is 0 Å². The number of ketones is 2. The maximum Gasteiger partial charge on any atom is 0.317 e. The third kappa shape index (κ3) is 5.09. The second-order valence-electron chi connectivity index (χ2n) is 4.39. The number of ether oxygens (including phenoxy) is 2. The van der Waals surface area contributed by atoms with Crippen LogP contribution in [0.1, 0.15) is 27.7 Å². The van der Waals surface area contributed by atoms with E-state index in [1.807, 2.05) is 0 Å². The maximum absolute atomic E-state index is 11.8. The lowest BCUT2D eigenvalue weighted by Gasteiger charge is -2.24. The van der Waals surface area contributed by atoms with E-state index in [-0.39, 0.29) is 19.5 Å². The van der Waals surface area contributed by atoms with Crippen molar-refractivity contribution in [1.29, 1.82) is 0 Å². The Bertz CT molecular complexity index is 391. The van der Waals surface area contributed by atoms with Crippen LogP contribution in [0.25, 0.3) is 0 Å². The highest BCUT2D eigenvalue weighted by atomic mass is 16.5. The van der Waals surface area contributed by atoms with E-state index in [1.54, 1.807) is 13.8 Å². The molecule has 2 unspecified atom stereocenters. The van der Waals surface area contributed by atoms with Gasteiger partial charge in [-0.3, -0.25) is 19.2 Å². The first kappa shape index (κ1) is 18.9. The fourth-order valence-electron chi connectivity index (χ4n) is 2.00. The summed E-state index contributed by atoms with van der Waals surface area (Å²) in [4.78, 5) is 58.2. The standard InChI is InChI=1S/C14H20O7/c1-5-20-13(18)11(8(3)16)10(7-15)12(9(4)17)14(19)21-6-2/h7,10-12H,5-6H2,1-4H3. The van der Waals surface area contributed by atoms with Gasteiger partial charge in [0.25, 0.3) is 0 Å². The summed E-state index contributed by atoms with van der Waals surface area (Å²) in [5, 5.41) is 0. The van der Waals surface area contributed by atoms with Crippen molar-refractivity contribution in [2.75, 3.05) is 13.2 Å². The van der Waals surface area contributed by atoms with Gasteiger partial charge in [0.1, 0.15) is 29.7 Å². The van der Waals surface area contributed by atoms with Crippen molar-refractivity contribution in [3.05, 3.63) is 0 Å². The van der Waals surface area contributed by atoms with Crippen molar-refractivity contribution < 1.29 is 33.4 Å². The number of Topliss-reactive ketones (excluding diaryl/α,β-unsaturated/α-hetero) is 2. The lowest BCUT2D eigenvalue weighted by molar-refractivity contribution is -0.161. The molecule has 0 heterocycles. The molecule has 0 fully saturated rings. The van der Waals surface area contributed by atoms with Gasteiger partial charge in [-0.05, 0) is 27.7 Å². The molecule has 7 heteroatoms. The molecule has 0 aliphatic carbocycles. The van der Waals surface area contributed by atoms with Gasteiger partial charge < -0.3 is 14.3 Å². The molecule has 0 rings (SSSR count). The molecular formula is C14H20O7. The zero-order valence-corrected chi connectivity index (χ0v) is 12.6. The minimum Gasteiger partial charge on any atom is -0.465 e. The van der Waals surface area contributed by atoms with Crippen molar-refractivity contribution in [2.24, 2.45) is 17.8 Å². The summed E-state index contributed by atoms with van der Waals surface area (Å²) in [5.74, 6) is -7.60. The summed E-state index contributed by atoms with van der Waals surface area (Å²) < 4.78 is 9.47. The molecule has 0 aromatic rings. The SMILES string of the molecule is CCOC(=O)C(C(C)=O)C(C=O)C(C(C)=O)C(=O)OCC. The minimum absolute atomic E-state index is 0.0122. The molecule has 0 amide bonds.